The van der Waals surface area contributed by atoms with Crippen molar-refractivity contribution in [2.75, 3.05) is 13.2 Å². The molecule has 0 aliphatic rings. The van der Waals surface area contributed by atoms with Gasteiger partial charge in [-0.3, -0.25) is 0 Å². The van der Waals surface area contributed by atoms with Crippen LogP contribution >= 0.6 is 0 Å². The number of hydrogen-bond donors (Lipinski definition) is 1. The topological polar surface area (TPSA) is 21.3 Å². The van der Waals surface area contributed by atoms with Crippen molar-refractivity contribution in [1.29, 1.82) is 0 Å². The summed E-state index contributed by atoms with van der Waals surface area (Å²) in [5.74, 6) is 1.65. The number of ether oxygens (including phenoxy) is 1. The third-order valence-corrected chi connectivity index (χ3v) is 2.66. The Kier molecular flexibility index (Phi) is 6.51. The maximum Gasteiger partial charge on any atom is 0.123 e. The van der Waals surface area contributed by atoms with Crippen LogP contribution < -0.4 is 10.1 Å². The molecule has 0 heterocycles. The van der Waals surface area contributed by atoms with Crippen molar-refractivity contribution >= 4 is 0 Å². The van der Waals surface area contributed by atoms with Crippen molar-refractivity contribution in [2.45, 2.75) is 33.7 Å². The second-order valence-electron chi connectivity index (χ2n) is 5.06. The third kappa shape index (κ3) is 5.37. The van der Waals surface area contributed by atoms with Gasteiger partial charge in [0.15, 0.2) is 0 Å². The highest BCUT2D eigenvalue weighted by Crippen LogP contribution is 2.20. The van der Waals surface area contributed by atoms with Gasteiger partial charge in [0.05, 0.1) is 6.61 Å². The summed E-state index contributed by atoms with van der Waals surface area (Å²) in [5.41, 5.74) is 2.51. The number of benzene rings is 1. The van der Waals surface area contributed by atoms with Crippen molar-refractivity contribution in [3.63, 3.8) is 0 Å². The van der Waals surface area contributed by atoms with Gasteiger partial charge in [0, 0.05) is 12.1 Å². The van der Waals surface area contributed by atoms with Crippen LogP contribution in [0, 0.1) is 12.8 Å². The fourth-order valence-electron chi connectivity index (χ4n) is 1.73. The molecule has 0 fully saturated rings. The van der Waals surface area contributed by atoms with Crippen LogP contribution in [0.2, 0.25) is 0 Å². The Morgan fingerprint density at radius 3 is 2.83 bits per heavy atom. The molecule has 100 valence electrons. The van der Waals surface area contributed by atoms with Gasteiger partial charge in [-0.2, -0.15) is 0 Å². The highest BCUT2D eigenvalue weighted by Gasteiger charge is 2.04. The van der Waals surface area contributed by atoms with Crippen LogP contribution in [0.4, 0.5) is 0 Å². The van der Waals surface area contributed by atoms with Crippen LogP contribution in [0.3, 0.4) is 0 Å². The SMILES string of the molecule is C=CCCOc1ccc(C)cc1CNCC(C)C. The Balaban J connectivity index is 2.61. The smallest absolute Gasteiger partial charge is 0.123 e. The van der Waals surface area contributed by atoms with Crippen LogP contribution in [-0.2, 0) is 6.54 Å². The summed E-state index contributed by atoms with van der Waals surface area (Å²) in [4.78, 5) is 0. The van der Waals surface area contributed by atoms with Crippen LogP contribution in [0.1, 0.15) is 31.4 Å². The first kappa shape index (κ1) is 14.8. The quantitative estimate of drug-likeness (QED) is 0.558. The lowest BCUT2D eigenvalue weighted by atomic mass is 10.1. The van der Waals surface area contributed by atoms with Gasteiger partial charge in [0.25, 0.3) is 0 Å². The maximum atomic E-state index is 5.78. The summed E-state index contributed by atoms with van der Waals surface area (Å²) in [7, 11) is 0. The first-order valence-electron chi connectivity index (χ1n) is 6.67. The third-order valence-electron chi connectivity index (χ3n) is 2.66. The molecule has 1 rings (SSSR count). The van der Waals surface area contributed by atoms with Crippen molar-refractivity contribution in [3.05, 3.63) is 42.0 Å². The Morgan fingerprint density at radius 1 is 1.39 bits per heavy atom. The van der Waals surface area contributed by atoms with Gasteiger partial charge in [0.2, 0.25) is 0 Å². The molecule has 0 aliphatic heterocycles. The molecule has 0 spiro atoms. The summed E-state index contributed by atoms with van der Waals surface area (Å²) in [6.45, 7) is 12.8. The standard InChI is InChI=1S/C16H25NO/c1-5-6-9-18-16-8-7-14(4)10-15(16)12-17-11-13(2)3/h5,7-8,10,13,17H,1,6,9,11-12H2,2-4H3. The minimum atomic E-state index is 0.667. The van der Waals surface area contributed by atoms with Gasteiger partial charge >= 0.3 is 0 Å². The number of nitrogens with one attached hydrogen (secondary N) is 1. The molecule has 18 heavy (non-hydrogen) atoms. The van der Waals surface area contributed by atoms with E-state index in [-0.39, 0.29) is 0 Å². The zero-order chi connectivity index (χ0) is 13.4. The molecule has 0 unspecified atom stereocenters. The fourth-order valence-corrected chi connectivity index (χ4v) is 1.73. The molecule has 0 bridgehead atoms. The molecule has 2 heteroatoms. The Hall–Kier alpha value is -1.28. The summed E-state index contributed by atoms with van der Waals surface area (Å²) in [6, 6.07) is 6.34. The highest BCUT2D eigenvalue weighted by atomic mass is 16.5. The van der Waals surface area contributed by atoms with Crippen molar-refractivity contribution in [2.24, 2.45) is 5.92 Å². The summed E-state index contributed by atoms with van der Waals surface area (Å²) in [5, 5.41) is 3.46. The molecule has 1 aromatic rings. The molecule has 0 radical (unpaired) electrons. The van der Waals surface area contributed by atoms with E-state index in [2.05, 4.69) is 50.9 Å². The summed E-state index contributed by atoms with van der Waals surface area (Å²) >= 11 is 0. The molecule has 1 N–H and O–H groups in total. The van der Waals surface area contributed by atoms with Crippen molar-refractivity contribution < 1.29 is 4.74 Å². The summed E-state index contributed by atoms with van der Waals surface area (Å²) < 4.78 is 5.78. The monoisotopic (exact) mass is 247 g/mol. The first-order chi connectivity index (χ1) is 8.63. The van der Waals surface area contributed by atoms with Gasteiger partial charge in [-0.1, -0.05) is 37.6 Å². The Morgan fingerprint density at radius 2 is 2.17 bits per heavy atom. The molecule has 0 aliphatic carbocycles. The van der Waals surface area contributed by atoms with E-state index in [4.69, 9.17) is 4.74 Å². The lowest BCUT2D eigenvalue weighted by Crippen LogP contribution is -2.19. The number of hydrogen-bond acceptors (Lipinski definition) is 2. The zero-order valence-electron chi connectivity index (χ0n) is 11.8. The van der Waals surface area contributed by atoms with Gasteiger partial charge in [-0.25, -0.2) is 0 Å². The fraction of sp³-hybridized carbons (Fsp3) is 0.500. The van der Waals surface area contributed by atoms with Gasteiger partial charge in [-0.05, 0) is 31.9 Å². The van der Waals surface area contributed by atoms with Crippen LogP contribution in [0.25, 0.3) is 0 Å². The average molecular weight is 247 g/mol. The van der Waals surface area contributed by atoms with Gasteiger partial charge < -0.3 is 10.1 Å². The van der Waals surface area contributed by atoms with Crippen LogP contribution in [0.15, 0.2) is 30.9 Å². The Labute approximate surface area is 111 Å². The van der Waals surface area contributed by atoms with Crippen LogP contribution in [0.5, 0.6) is 5.75 Å². The zero-order valence-corrected chi connectivity index (χ0v) is 11.8. The highest BCUT2D eigenvalue weighted by molar-refractivity contribution is 5.36. The van der Waals surface area contributed by atoms with E-state index in [1.165, 1.54) is 11.1 Å². The number of rotatable bonds is 8. The maximum absolute atomic E-state index is 5.78. The van der Waals surface area contributed by atoms with Gasteiger partial charge in [0.1, 0.15) is 5.75 Å². The number of aryl methyl sites for hydroxylation is 1. The van der Waals surface area contributed by atoms with E-state index >= 15 is 0 Å². The second kappa shape index (κ2) is 7.93. The van der Waals surface area contributed by atoms with Gasteiger partial charge in [-0.15, -0.1) is 6.58 Å². The molecular weight excluding hydrogens is 222 g/mol. The largest absolute Gasteiger partial charge is 0.493 e. The average Bonchev–Trinajstić information content (AvgIpc) is 2.31. The van der Waals surface area contributed by atoms with E-state index in [0.29, 0.717) is 12.5 Å². The normalized spacial score (nSPS) is 10.7. The summed E-state index contributed by atoms with van der Waals surface area (Å²) in [6.07, 6.45) is 2.76. The minimum Gasteiger partial charge on any atom is -0.493 e. The Bertz CT molecular complexity index is 371. The first-order valence-corrected chi connectivity index (χ1v) is 6.67. The van der Waals surface area contributed by atoms with E-state index in [9.17, 15) is 0 Å². The lowest BCUT2D eigenvalue weighted by molar-refractivity contribution is 0.320. The minimum absolute atomic E-state index is 0.667. The van der Waals surface area contributed by atoms with E-state index < -0.39 is 0 Å². The van der Waals surface area contributed by atoms with Crippen molar-refractivity contribution in [3.8, 4) is 5.75 Å². The van der Waals surface area contributed by atoms with Crippen molar-refractivity contribution in [1.82, 2.24) is 5.32 Å². The molecule has 0 aromatic heterocycles. The van der Waals surface area contributed by atoms with E-state index in [1.54, 1.807) is 0 Å². The van der Waals surface area contributed by atoms with E-state index in [0.717, 1.165) is 25.3 Å². The molecule has 0 saturated carbocycles. The predicted octanol–water partition coefficient (Wildman–Crippen LogP) is 3.70. The molecule has 1 aromatic carbocycles. The van der Waals surface area contributed by atoms with E-state index in [1.807, 2.05) is 6.08 Å². The second-order valence-corrected chi connectivity index (χ2v) is 5.06. The molecule has 2 nitrogen and oxygen atoms in total. The van der Waals surface area contributed by atoms with Crippen LogP contribution in [-0.4, -0.2) is 13.2 Å². The molecule has 0 atom stereocenters. The predicted molar refractivity (Wildman–Crippen MR) is 78.0 cm³/mol. The lowest BCUT2D eigenvalue weighted by Gasteiger charge is -2.13. The molecule has 0 saturated heterocycles. The molecular formula is C16H25NO. The molecule has 0 amide bonds.